The van der Waals surface area contributed by atoms with Gasteiger partial charge in [-0.15, -0.1) is 0 Å². The fourth-order valence-electron chi connectivity index (χ4n) is 7.50. The van der Waals surface area contributed by atoms with Crippen molar-refractivity contribution in [2.75, 3.05) is 0 Å². The number of nitrogens with zero attached hydrogens (tertiary/aromatic N) is 4. The van der Waals surface area contributed by atoms with Crippen LogP contribution in [0.25, 0.3) is 0 Å². The molecule has 0 fully saturated rings. The maximum atomic E-state index is 7.09. The second-order valence-corrected chi connectivity index (χ2v) is 16.3. The predicted molar refractivity (Wildman–Crippen MR) is 228 cm³/mol. The Morgan fingerprint density at radius 1 is 0.375 bits per heavy atom. The van der Waals surface area contributed by atoms with Gasteiger partial charge in [0, 0.05) is 33.4 Å². The summed E-state index contributed by atoms with van der Waals surface area (Å²) in [5.41, 5.74) is 5.12. The lowest BCUT2D eigenvalue weighted by Gasteiger charge is -2.33. The van der Waals surface area contributed by atoms with E-state index in [1.807, 2.05) is 133 Å². The van der Waals surface area contributed by atoms with Crippen LogP contribution >= 0.6 is 0 Å². The van der Waals surface area contributed by atoms with E-state index in [2.05, 4.69) is 77.9 Å². The minimum Gasteiger partial charge on any atom is -0.227 e. The highest BCUT2D eigenvalue weighted by Crippen LogP contribution is 2.45. The molecule has 278 valence electrons. The molecule has 2 aliphatic heterocycles. The zero-order valence-corrected chi connectivity index (χ0v) is 32.8. The van der Waals surface area contributed by atoms with E-state index in [4.69, 9.17) is 29.7 Å². The van der Waals surface area contributed by atoms with Crippen LogP contribution in [0.2, 0.25) is 0 Å². The number of hydrogen-bond acceptors (Lipinski definition) is 6. The Bertz CT molecular complexity index is 2300. The molecule has 2 heterocycles. The van der Waals surface area contributed by atoms with Crippen LogP contribution in [0.15, 0.2) is 190 Å². The molecule has 0 spiro atoms. The summed E-state index contributed by atoms with van der Waals surface area (Å²) in [5, 5.41) is 0. The Hall–Kier alpha value is -6.08. The minimum absolute atomic E-state index is 0.173. The fourth-order valence-corrected chi connectivity index (χ4v) is 7.50. The summed E-state index contributed by atoms with van der Waals surface area (Å²) in [4.78, 5) is 35.8. The summed E-state index contributed by atoms with van der Waals surface area (Å²) < 4.78 is 0. The standard InChI is InChI=1S/C50H46N4O2/c1-47(2,3)41-33-21-19-31-39(41)45-51-43(35-23-11-7-12-24-35)49(53-45,37-27-15-9-16-28-37)55-56-50(38-29-17-10-18-30-38)44(36-25-13-8-14-26-36)52-46(54-50)40-32-20-22-34-42(40)48(4,5)6/h7-34H,1-6H3/t49-,50-/m1/s1. The third kappa shape index (κ3) is 6.76. The molecule has 6 nitrogen and oxygen atoms in total. The average Bonchev–Trinajstić information content (AvgIpc) is 3.82. The second-order valence-electron chi connectivity index (χ2n) is 16.3. The van der Waals surface area contributed by atoms with Gasteiger partial charge in [-0.25, -0.2) is 20.0 Å². The summed E-state index contributed by atoms with van der Waals surface area (Å²) in [6.45, 7) is 13.2. The first-order chi connectivity index (χ1) is 27.0. The van der Waals surface area contributed by atoms with Gasteiger partial charge in [0.05, 0.1) is 0 Å². The van der Waals surface area contributed by atoms with E-state index in [0.717, 1.165) is 44.5 Å². The van der Waals surface area contributed by atoms with E-state index < -0.39 is 11.4 Å². The van der Waals surface area contributed by atoms with Crippen LogP contribution in [0.3, 0.4) is 0 Å². The monoisotopic (exact) mass is 734 g/mol. The van der Waals surface area contributed by atoms with Crippen molar-refractivity contribution >= 4 is 23.1 Å². The molecule has 2 aliphatic rings. The smallest absolute Gasteiger partial charge is 0.227 e. The van der Waals surface area contributed by atoms with Crippen LogP contribution in [0, 0.1) is 0 Å². The minimum atomic E-state index is -1.53. The lowest BCUT2D eigenvalue weighted by atomic mass is 9.83. The topological polar surface area (TPSA) is 67.9 Å². The Balaban J connectivity index is 1.38. The SMILES string of the molecule is CC(C)(C)c1ccccc1C1=N[C@@](OO[C@@]2(c3ccccc3)N=C(c3ccccc3C(C)(C)C)N=C2c2ccccc2)(c2ccccc2)C(c2ccccc2)=N1. The first-order valence-electron chi connectivity index (χ1n) is 19.2. The summed E-state index contributed by atoms with van der Waals surface area (Å²) >= 11 is 0. The van der Waals surface area contributed by atoms with Gasteiger partial charge in [0.2, 0.25) is 0 Å². The van der Waals surface area contributed by atoms with Crippen LogP contribution < -0.4 is 0 Å². The first kappa shape index (κ1) is 36.9. The molecule has 0 aliphatic carbocycles. The molecular weight excluding hydrogens is 689 g/mol. The van der Waals surface area contributed by atoms with E-state index in [9.17, 15) is 0 Å². The molecule has 56 heavy (non-hydrogen) atoms. The summed E-state index contributed by atoms with van der Waals surface area (Å²) in [7, 11) is 0. The average molecular weight is 735 g/mol. The summed E-state index contributed by atoms with van der Waals surface area (Å²) in [5.74, 6) is 1.12. The van der Waals surface area contributed by atoms with Crippen molar-refractivity contribution in [3.05, 3.63) is 214 Å². The highest BCUT2D eigenvalue weighted by Gasteiger charge is 2.52. The molecule has 0 radical (unpaired) electrons. The van der Waals surface area contributed by atoms with E-state index in [0.29, 0.717) is 23.1 Å². The van der Waals surface area contributed by atoms with Gasteiger partial charge in [0.15, 0.2) is 11.7 Å². The maximum Gasteiger partial charge on any atom is 0.263 e. The second kappa shape index (κ2) is 14.5. The molecular formula is C50H46N4O2. The highest BCUT2D eigenvalue weighted by molar-refractivity contribution is 6.22. The predicted octanol–water partition coefficient (Wildman–Crippen LogP) is 11.1. The van der Waals surface area contributed by atoms with Gasteiger partial charge in [-0.3, -0.25) is 0 Å². The highest BCUT2D eigenvalue weighted by atomic mass is 17.2. The molecule has 0 aromatic heterocycles. The van der Waals surface area contributed by atoms with Crippen molar-refractivity contribution < 1.29 is 9.78 Å². The molecule has 0 unspecified atom stereocenters. The largest absolute Gasteiger partial charge is 0.263 e. The number of amidine groups is 2. The van der Waals surface area contributed by atoms with Crippen molar-refractivity contribution in [2.24, 2.45) is 20.0 Å². The van der Waals surface area contributed by atoms with E-state index in [1.165, 1.54) is 0 Å². The molecule has 0 N–H and O–H groups in total. The van der Waals surface area contributed by atoms with Gasteiger partial charge in [0.1, 0.15) is 11.4 Å². The van der Waals surface area contributed by atoms with Crippen molar-refractivity contribution in [3.63, 3.8) is 0 Å². The van der Waals surface area contributed by atoms with Crippen molar-refractivity contribution in [1.29, 1.82) is 0 Å². The Labute approximate surface area is 330 Å². The van der Waals surface area contributed by atoms with Crippen LogP contribution in [-0.4, -0.2) is 23.1 Å². The Morgan fingerprint density at radius 2 is 0.679 bits per heavy atom. The van der Waals surface area contributed by atoms with Crippen LogP contribution in [0.1, 0.15) is 86.1 Å². The van der Waals surface area contributed by atoms with Crippen LogP contribution in [0.4, 0.5) is 0 Å². The van der Waals surface area contributed by atoms with Gasteiger partial charge in [-0.1, -0.05) is 211 Å². The number of aliphatic imine (C=N–C) groups is 4. The number of hydrogen-bond donors (Lipinski definition) is 0. The van der Waals surface area contributed by atoms with Gasteiger partial charge in [0.25, 0.3) is 11.4 Å². The molecule has 8 rings (SSSR count). The molecule has 6 aromatic rings. The Morgan fingerprint density at radius 3 is 1.02 bits per heavy atom. The summed E-state index contributed by atoms with van der Waals surface area (Å²) in [6, 6.07) is 56.7. The Kier molecular flexibility index (Phi) is 9.57. The van der Waals surface area contributed by atoms with Crippen LogP contribution in [-0.2, 0) is 32.1 Å². The van der Waals surface area contributed by atoms with E-state index in [1.54, 1.807) is 0 Å². The third-order valence-corrected chi connectivity index (χ3v) is 10.3. The molecule has 6 aromatic carbocycles. The molecule has 6 heteroatoms. The normalized spacial score (nSPS) is 19.6. The zero-order valence-electron chi connectivity index (χ0n) is 32.8. The number of rotatable bonds is 9. The molecule has 0 amide bonds. The number of benzene rings is 6. The maximum absolute atomic E-state index is 7.09. The van der Waals surface area contributed by atoms with Crippen molar-refractivity contribution in [3.8, 4) is 0 Å². The lowest BCUT2D eigenvalue weighted by molar-refractivity contribution is -0.387. The molecule has 2 atom stereocenters. The van der Waals surface area contributed by atoms with Crippen molar-refractivity contribution in [2.45, 2.75) is 63.8 Å². The summed E-state index contributed by atoms with van der Waals surface area (Å²) in [6.07, 6.45) is 0. The zero-order chi connectivity index (χ0) is 39.0. The van der Waals surface area contributed by atoms with Gasteiger partial charge < -0.3 is 0 Å². The molecule has 0 saturated heterocycles. The quantitative estimate of drug-likeness (QED) is 0.110. The van der Waals surface area contributed by atoms with E-state index in [-0.39, 0.29) is 10.8 Å². The fraction of sp³-hybridized carbons (Fsp3) is 0.200. The first-order valence-corrected chi connectivity index (χ1v) is 19.2. The van der Waals surface area contributed by atoms with Crippen LogP contribution in [0.5, 0.6) is 0 Å². The molecule has 0 bridgehead atoms. The van der Waals surface area contributed by atoms with Gasteiger partial charge >= 0.3 is 0 Å². The molecule has 0 saturated carbocycles. The lowest BCUT2D eigenvalue weighted by Crippen LogP contribution is -2.42. The third-order valence-electron chi connectivity index (χ3n) is 10.3. The van der Waals surface area contributed by atoms with Gasteiger partial charge in [-0.2, -0.15) is 9.78 Å². The van der Waals surface area contributed by atoms with E-state index >= 15 is 0 Å². The van der Waals surface area contributed by atoms with Gasteiger partial charge in [-0.05, 0) is 22.0 Å². The van der Waals surface area contributed by atoms with Crippen molar-refractivity contribution in [1.82, 2.24) is 0 Å².